The first-order valence-corrected chi connectivity index (χ1v) is 6.51. The van der Waals surface area contributed by atoms with E-state index in [4.69, 9.17) is 5.73 Å². The maximum atomic E-state index is 5.80. The molecule has 0 unspecified atom stereocenters. The van der Waals surface area contributed by atoms with E-state index in [1.54, 1.807) is 17.5 Å². The SMILES string of the molecule is Nc1cccnc1CNCc1ccc(Br)s1. The van der Waals surface area contributed by atoms with Gasteiger partial charge in [-0.2, -0.15) is 0 Å². The molecular weight excluding hydrogens is 286 g/mol. The minimum absolute atomic E-state index is 0.697. The zero-order valence-electron chi connectivity index (χ0n) is 8.61. The van der Waals surface area contributed by atoms with Crippen molar-refractivity contribution >= 4 is 33.0 Å². The molecule has 0 atom stereocenters. The second-order valence-electron chi connectivity index (χ2n) is 3.35. The lowest BCUT2D eigenvalue weighted by Gasteiger charge is -2.04. The van der Waals surface area contributed by atoms with Crippen LogP contribution in [0.3, 0.4) is 0 Å². The first-order chi connectivity index (χ1) is 7.75. The third kappa shape index (κ3) is 3.04. The minimum Gasteiger partial charge on any atom is -0.397 e. The molecule has 2 aromatic rings. The second-order valence-corrected chi connectivity index (χ2v) is 5.90. The molecule has 0 aliphatic rings. The number of pyridine rings is 1. The molecule has 0 fully saturated rings. The van der Waals surface area contributed by atoms with Crippen LogP contribution in [0.25, 0.3) is 0 Å². The van der Waals surface area contributed by atoms with Gasteiger partial charge in [-0.05, 0) is 40.2 Å². The predicted octanol–water partition coefficient (Wildman–Crippen LogP) is 2.78. The molecule has 0 saturated heterocycles. The van der Waals surface area contributed by atoms with E-state index in [0.29, 0.717) is 6.54 Å². The van der Waals surface area contributed by atoms with Gasteiger partial charge in [-0.3, -0.25) is 4.98 Å². The summed E-state index contributed by atoms with van der Waals surface area (Å²) in [6.07, 6.45) is 1.76. The van der Waals surface area contributed by atoms with Gasteiger partial charge in [0, 0.05) is 24.2 Å². The maximum absolute atomic E-state index is 5.80. The Morgan fingerprint density at radius 1 is 1.31 bits per heavy atom. The zero-order chi connectivity index (χ0) is 11.4. The summed E-state index contributed by atoms with van der Waals surface area (Å²) in [5.41, 5.74) is 7.44. The fourth-order valence-corrected chi connectivity index (χ4v) is 2.80. The van der Waals surface area contributed by atoms with E-state index in [9.17, 15) is 0 Å². The van der Waals surface area contributed by atoms with Gasteiger partial charge in [0.05, 0.1) is 15.2 Å². The summed E-state index contributed by atoms with van der Waals surface area (Å²) in [6.45, 7) is 1.54. The average Bonchev–Trinajstić information content (AvgIpc) is 2.67. The lowest BCUT2D eigenvalue weighted by Crippen LogP contribution is -2.14. The number of anilines is 1. The number of rotatable bonds is 4. The van der Waals surface area contributed by atoms with Crippen molar-refractivity contribution in [2.24, 2.45) is 0 Å². The third-order valence-electron chi connectivity index (χ3n) is 2.15. The number of aromatic nitrogens is 1. The standard InChI is InChI=1S/C11H12BrN3S/c12-11-4-3-8(16-11)6-14-7-10-9(13)2-1-5-15-10/h1-5,14H,6-7,13H2. The Bertz CT molecular complexity index is 470. The maximum Gasteiger partial charge on any atom is 0.0770 e. The number of nitrogens with two attached hydrogens (primary N) is 1. The third-order valence-corrected chi connectivity index (χ3v) is 3.77. The molecule has 0 aliphatic carbocycles. The number of nitrogens with zero attached hydrogens (tertiary/aromatic N) is 1. The van der Waals surface area contributed by atoms with Gasteiger partial charge in [0.1, 0.15) is 0 Å². The molecule has 0 bridgehead atoms. The van der Waals surface area contributed by atoms with Gasteiger partial charge in [-0.25, -0.2) is 0 Å². The minimum atomic E-state index is 0.697. The summed E-state index contributed by atoms with van der Waals surface area (Å²) in [4.78, 5) is 5.51. The Kier molecular flexibility index (Phi) is 3.93. The second kappa shape index (κ2) is 5.43. The first kappa shape index (κ1) is 11.6. The van der Waals surface area contributed by atoms with Gasteiger partial charge in [0.25, 0.3) is 0 Å². The Morgan fingerprint density at radius 3 is 2.88 bits per heavy atom. The van der Waals surface area contributed by atoms with Crippen LogP contribution in [0.5, 0.6) is 0 Å². The smallest absolute Gasteiger partial charge is 0.0770 e. The van der Waals surface area contributed by atoms with Crippen LogP contribution in [0.4, 0.5) is 5.69 Å². The molecule has 0 saturated carbocycles. The predicted molar refractivity (Wildman–Crippen MR) is 71.2 cm³/mol. The summed E-state index contributed by atoms with van der Waals surface area (Å²) in [5.74, 6) is 0. The van der Waals surface area contributed by atoms with Gasteiger partial charge in [0.15, 0.2) is 0 Å². The molecule has 2 heterocycles. The zero-order valence-corrected chi connectivity index (χ0v) is 11.0. The summed E-state index contributed by atoms with van der Waals surface area (Å²) >= 11 is 5.17. The number of nitrogens with one attached hydrogen (secondary N) is 1. The van der Waals surface area contributed by atoms with Crippen LogP contribution in [-0.4, -0.2) is 4.98 Å². The van der Waals surface area contributed by atoms with Gasteiger partial charge in [0.2, 0.25) is 0 Å². The molecule has 0 aliphatic heterocycles. The normalized spacial score (nSPS) is 10.6. The number of thiophene rings is 1. The fraction of sp³-hybridized carbons (Fsp3) is 0.182. The monoisotopic (exact) mass is 297 g/mol. The van der Waals surface area contributed by atoms with Gasteiger partial charge in [-0.1, -0.05) is 0 Å². The van der Waals surface area contributed by atoms with Crippen molar-refractivity contribution in [3.8, 4) is 0 Å². The Balaban J connectivity index is 1.87. The number of hydrogen-bond acceptors (Lipinski definition) is 4. The van der Waals surface area contributed by atoms with Crippen LogP contribution >= 0.6 is 27.3 Å². The van der Waals surface area contributed by atoms with Gasteiger partial charge in [-0.15, -0.1) is 11.3 Å². The topological polar surface area (TPSA) is 50.9 Å². The van der Waals surface area contributed by atoms with E-state index in [1.165, 1.54) is 4.88 Å². The quantitative estimate of drug-likeness (QED) is 0.912. The van der Waals surface area contributed by atoms with Crippen LogP contribution in [0.15, 0.2) is 34.2 Å². The average molecular weight is 298 g/mol. The summed E-state index contributed by atoms with van der Waals surface area (Å²) < 4.78 is 1.15. The molecule has 5 heteroatoms. The lowest BCUT2D eigenvalue weighted by atomic mass is 10.3. The highest BCUT2D eigenvalue weighted by atomic mass is 79.9. The summed E-state index contributed by atoms with van der Waals surface area (Å²) in [7, 11) is 0. The van der Waals surface area contributed by atoms with E-state index in [-0.39, 0.29) is 0 Å². The Morgan fingerprint density at radius 2 is 2.19 bits per heavy atom. The van der Waals surface area contributed by atoms with Crippen molar-refractivity contribution in [1.29, 1.82) is 0 Å². The highest BCUT2D eigenvalue weighted by Gasteiger charge is 2.00. The Hall–Kier alpha value is -0.910. The van der Waals surface area contributed by atoms with E-state index in [1.807, 2.05) is 12.1 Å². The van der Waals surface area contributed by atoms with Crippen LogP contribution in [-0.2, 0) is 13.1 Å². The number of hydrogen-bond donors (Lipinski definition) is 2. The fourth-order valence-electron chi connectivity index (χ4n) is 1.35. The van der Waals surface area contributed by atoms with Crippen molar-refractivity contribution in [3.05, 3.63) is 44.8 Å². The van der Waals surface area contributed by atoms with Crippen LogP contribution < -0.4 is 11.1 Å². The van der Waals surface area contributed by atoms with Crippen LogP contribution in [0.2, 0.25) is 0 Å². The molecule has 2 aromatic heterocycles. The molecule has 84 valence electrons. The van der Waals surface area contributed by atoms with E-state index >= 15 is 0 Å². The molecule has 0 amide bonds. The Labute approximate surface area is 107 Å². The van der Waals surface area contributed by atoms with Crippen molar-refractivity contribution in [1.82, 2.24) is 10.3 Å². The van der Waals surface area contributed by atoms with E-state index in [2.05, 4.69) is 38.4 Å². The molecule has 3 N–H and O–H groups in total. The molecule has 16 heavy (non-hydrogen) atoms. The van der Waals surface area contributed by atoms with Crippen molar-refractivity contribution in [3.63, 3.8) is 0 Å². The number of halogens is 1. The molecule has 0 spiro atoms. The first-order valence-electron chi connectivity index (χ1n) is 4.90. The molecular formula is C11H12BrN3S. The van der Waals surface area contributed by atoms with Gasteiger partial charge >= 0.3 is 0 Å². The van der Waals surface area contributed by atoms with E-state index < -0.39 is 0 Å². The highest BCUT2D eigenvalue weighted by molar-refractivity contribution is 9.11. The largest absolute Gasteiger partial charge is 0.397 e. The van der Waals surface area contributed by atoms with Crippen molar-refractivity contribution < 1.29 is 0 Å². The van der Waals surface area contributed by atoms with Crippen molar-refractivity contribution in [2.75, 3.05) is 5.73 Å². The van der Waals surface area contributed by atoms with Crippen LogP contribution in [0, 0.1) is 0 Å². The molecule has 3 nitrogen and oxygen atoms in total. The number of nitrogen functional groups attached to an aromatic ring is 1. The summed E-state index contributed by atoms with van der Waals surface area (Å²) in [5, 5.41) is 3.32. The molecule has 0 radical (unpaired) electrons. The highest BCUT2D eigenvalue weighted by Crippen LogP contribution is 2.21. The summed E-state index contributed by atoms with van der Waals surface area (Å²) in [6, 6.07) is 7.86. The molecule has 2 rings (SSSR count). The van der Waals surface area contributed by atoms with Crippen molar-refractivity contribution in [2.45, 2.75) is 13.1 Å². The molecule has 0 aromatic carbocycles. The lowest BCUT2D eigenvalue weighted by molar-refractivity contribution is 0.688. The van der Waals surface area contributed by atoms with Crippen LogP contribution in [0.1, 0.15) is 10.6 Å². The van der Waals surface area contributed by atoms with Gasteiger partial charge < -0.3 is 11.1 Å². The van der Waals surface area contributed by atoms with E-state index in [0.717, 1.165) is 21.7 Å².